The quantitative estimate of drug-likeness (QED) is 0.0822. The first kappa shape index (κ1) is 36.0. The number of ether oxygens (including phenoxy) is 7. The van der Waals surface area contributed by atoms with Crippen molar-refractivity contribution in [3.63, 3.8) is 0 Å². The molecular formula is C29H40O13. The van der Waals surface area contributed by atoms with Gasteiger partial charge in [0.15, 0.2) is 0 Å². The lowest BCUT2D eigenvalue weighted by molar-refractivity contribution is -0.250. The van der Waals surface area contributed by atoms with Crippen LogP contribution in [-0.2, 0) is 61.9 Å². The highest BCUT2D eigenvalue weighted by Crippen LogP contribution is 2.24. The highest BCUT2D eigenvalue weighted by molar-refractivity contribution is 5.81. The van der Waals surface area contributed by atoms with E-state index >= 15 is 0 Å². The predicted molar refractivity (Wildman–Crippen MR) is 145 cm³/mol. The van der Waals surface area contributed by atoms with E-state index < -0.39 is 54.3 Å². The van der Waals surface area contributed by atoms with Gasteiger partial charge in [-0.2, -0.15) is 0 Å². The van der Waals surface area contributed by atoms with Gasteiger partial charge in [-0.05, 0) is 38.5 Å². The third-order valence-electron chi connectivity index (χ3n) is 5.68. The molecule has 234 valence electrons. The fourth-order valence-electron chi connectivity index (χ4n) is 3.53. The van der Waals surface area contributed by atoms with E-state index in [4.69, 9.17) is 33.2 Å². The lowest BCUT2D eigenvalue weighted by Crippen LogP contribution is -2.51. The first-order valence-corrected chi connectivity index (χ1v) is 13.8. The summed E-state index contributed by atoms with van der Waals surface area (Å²) < 4.78 is 36.7. The van der Waals surface area contributed by atoms with Crippen molar-refractivity contribution in [2.75, 3.05) is 26.4 Å². The third-order valence-corrected chi connectivity index (χ3v) is 5.68. The molecule has 1 rings (SSSR count). The van der Waals surface area contributed by atoms with Crippen molar-refractivity contribution in [3.8, 4) is 0 Å². The van der Waals surface area contributed by atoms with Crippen LogP contribution < -0.4 is 0 Å². The summed E-state index contributed by atoms with van der Waals surface area (Å²) in [5, 5.41) is 0. The molecule has 0 N–H and O–H groups in total. The molecule has 0 saturated carbocycles. The van der Waals surface area contributed by atoms with Gasteiger partial charge in [-0.1, -0.05) is 19.7 Å². The van der Waals surface area contributed by atoms with Gasteiger partial charge in [-0.3, -0.25) is 14.4 Å². The lowest BCUT2D eigenvalue weighted by Gasteiger charge is -2.36. The van der Waals surface area contributed by atoms with Crippen LogP contribution in [0.5, 0.6) is 0 Å². The van der Waals surface area contributed by atoms with Gasteiger partial charge in [-0.15, -0.1) is 0 Å². The Labute approximate surface area is 245 Å². The van der Waals surface area contributed by atoms with Crippen molar-refractivity contribution in [2.24, 2.45) is 0 Å². The largest absolute Gasteiger partial charge is 0.463 e. The number of carbonyl (C=O) groups excluding carboxylic acids is 6. The smallest absolute Gasteiger partial charge is 0.330 e. The van der Waals surface area contributed by atoms with Gasteiger partial charge in [0.25, 0.3) is 0 Å². The van der Waals surface area contributed by atoms with Crippen molar-refractivity contribution in [2.45, 2.75) is 82.7 Å². The number of carbonyl (C=O) groups is 6. The molecule has 13 heteroatoms. The molecule has 0 aromatic rings. The molecule has 1 aliphatic rings. The first-order chi connectivity index (χ1) is 20.2. The van der Waals surface area contributed by atoms with Gasteiger partial charge < -0.3 is 33.2 Å². The van der Waals surface area contributed by atoms with Gasteiger partial charge in [0.1, 0.15) is 6.10 Å². The standard InChI is InChI=1S/C29H40O13/c1-4-22(30)36-17-10-7-13-25(33)40-21-16-20-39-29(42-27(35)15-9-12-19-38-24(32)6-3)28(21)41-26(34)14-8-11-18-37-23(31)5-2/h4-6,21,28-29H,1-3,7-20H2. The van der Waals surface area contributed by atoms with Crippen molar-refractivity contribution in [3.05, 3.63) is 38.0 Å². The zero-order valence-electron chi connectivity index (χ0n) is 23.8. The zero-order valence-corrected chi connectivity index (χ0v) is 23.8. The highest BCUT2D eigenvalue weighted by Gasteiger charge is 2.42. The molecule has 0 spiro atoms. The SMILES string of the molecule is C=CC(=O)OCCCCC(=O)OC1CCOC(OC(=O)CCCCOC(=O)C=C)C1OC(=O)CCCCOC(=O)C=C. The molecule has 0 aromatic carbocycles. The molecule has 1 heterocycles. The molecule has 0 amide bonds. The van der Waals surface area contributed by atoms with Gasteiger partial charge in [0.2, 0.25) is 12.4 Å². The number of hydrogen-bond donors (Lipinski definition) is 0. The number of esters is 6. The molecule has 0 bridgehead atoms. The second-order valence-corrected chi connectivity index (χ2v) is 8.99. The van der Waals surface area contributed by atoms with Gasteiger partial charge >= 0.3 is 35.8 Å². The molecule has 1 aliphatic heterocycles. The average molecular weight is 597 g/mol. The van der Waals surface area contributed by atoms with Crippen LogP contribution in [0.4, 0.5) is 0 Å². The van der Waals surface area contributed by atoms with E-state index in [1.165, 1.54) is 0 Å². The Morgan fingerprint density at radius 1 is 0.595 bits per heavy atom. The number of rotatable bonds is 21. The minimum Gasteiger partial charge on any atom is -0.463 e. The second-order valence-electron chi connectivity index (χ2n) is 8.99. The van der Waals surface area contributed by atoms with E-state index in [0.29, 0.717) is 38.5 Å². The Morgan fingerprint density at radius 2 is 1.00 bits per heavy atom. The summed E-state index contributed by atoms with van der Waals surface area (Å²) in [5.41, 5.74) is 0. The Bertz CT molecular complexity index is 890. The normalized spacial score (nSPS) is 17.6. The second kappa shape index (κ2) is 21.7. The minimum atomic E-state index is -1.31. The summed E-state index contributed by atoms with van der Waals surface area (Å²) in [5.74, 6) is -3.54. The molecule has 0 aromatic heterocycles. The number of unbranched alkanes of at least 4 members (excludes halogenated alkanes) is 3. The van der Waals surface area contributed by atoms with Crippen molar-refractivity contribution in [1.82, 2.24) is 0 Å². The van der Waals surface area contributed by atoms with Crippen molar-refractivity contribution in [1.29, 1.82) is 0 Å². The average Bonchev–Trinajstić information content (AvgIpc) is 2.97. The van der Waals surface area contributed by atoms with E-state index in [-0.39, 0.29) is 52.1 Å². The minimum absolute atomic E-state index is 0.0174. The summed E-state index contributed by atoms with van der Waals surface area (Å²) in [7, 11) is 0. The zero-order chi connectivity index (χ0) is 31.2. The molecule has 1 fully saturated rings. The Kier molecular flexibility index (Phi) is 18.6. The highest BCUT2D eigenvalue weighted by atomic mass is 16.7. The van der Waals surface area contributed by atoms with Crippen LogP contribution in [0.25, 0.3) is 0 Å². The fraction of sp³-hybridized carbons (Fsp3) is 0.586. The molecule has 1 saturated heterocycles. The Morgan fingerprint density at radius 3 is 1.43 bits per heavy atom. The van der Waals surface area contributed by atoms with E-state index in [2.05, 4.69) is 19.7 Å². The number of hydrogen-bond acceptors (Lipinski definition) is 13. The maximum atomic E-state index is 12.6. The summed E-state index contributed by atoms with van der Waals surface area (Å²) in [6.45, 7) is 10.3. The summed E-state index contributed by atoms with van der Waals surface area (Å²) >= 11 is 0. The molecular weight excluding hydrogens is 556 g/mol. The van der Waals surface area contributed by atoms with Crippen molar-refractivity contribution >= 4 is 35.8 Å². The van der Waals surface area contributed by atoms with Gasteiger partial charge in [0, 0.05) is 43.9 Å². The lowest BCUT2D eigenvalue weighted by atomic mass is 10.1. The maximum Gasteiger partial charge on any atom is 0.330 e. The summed E-state index contributed by atoms with van der Waals surface area (Å²) in [6.07, 6.45) is 2.17. The monoisotopic (exact) mass is 596 g/mol. The van der Waals surface area contributed by atoms with Crippen LogP contribution in [0.2, 0.25) is 0 Å². The van der Waals surface area contributed by atoms with Crippen LogP contribution in [-0.4, -0.2) is 80.7 Å². The van der Waals surface area contributed by atoms with E-state index in [1.807, 2.05) is 0 Å². The topological polar surface area (TPSA) is 167 Å². The predicted octanol–water partition coefficient (Wildman–Crippen LogP) is 2.80. The molecule has 3 unspecified atom stereocenters. The van der Waals surface area contributed by atoms with Crippen molar-refractivity contribution < 1.29 is 61.9 Å². The van der Waals surface area contributed by atoms with Gasteiger partial charge in [0.05, 0.1) is 26.4 Å². The molecule has 0 radical (unpaired) electrons. The molecule has 13 nitrogen and oxygen atoms in total. The summed E-state index contributed by atoms with van der Waals surface area (Å²) in [4.78, 5) is 70.9. The fourth-order valence-corrected chi connectivity index (χ4v) is 3.53. The van der Waals surface area contributed by atoms with Crippen LogP contribution in [0, 0.1) is 0 Å². The maximum absolute atomic E-state index is 12.6. The van der Waals surface area contributed by atoms with Gasteiger partial charge in [-0.25, -0.2) is 14.4 Å². The summed E-state index contributed by atoms with van der Waals surface area (Å²) in [6, 6.07) is 0. The van der Waals surface area contributed by atoms with E-state index in [9.17, 15) is 28.8 Å². The van der Waals surface area contributed by atoms with Crippen LogP contribution in [0.3, 0.4) is 0 Å². The molecule has 42 heavy (non-hydrogen) atoms. The Balaban J connectivity index is 2.68. The van der Waals surface area contributed by atoms with Crippen LogP contribution in [0.1, 0.15) is 64.2 Å². The first-order valence-electron chi connectivity index (χ1n) is 13.8. The van der Waals surface area contributed by atoms with Crippen LogP contribution >= 0.6 is 0 Å². The third kappa shape index (κ3) is 16.3. The molecule has 3 atom stereocenters. The van der Waals surface area contributed by atoms with Crippen LogP contribution in [0.15, 0.2) is 38.0 Å². The molecule has 0 aliphatic carbocycles. The van der Waals surface area contributed by atoms with E-state index in [0.717, 1.165) is 18.2 Å². The van der Waals surface area contributed by atoms with E-state index in [1.54, 1.807) is 0 Å². The Hall–Kier alpha value is -4.00.